The number of carboxylic acids is 1. The molecule has 1 aromatic carbocycles. The largest absolute Gasteiger partial charge is 0.481 e. The predicted molar refractivity (Wildman–Crippen MR) is 69.8 cm³/mol. The minimum absolute atomic E-state index is 0.0127. The maximum atomic E-state index is 10.9. The standard InChI is InChI=1S/C14H17NO3/c1-9-5-10(2)14-11(7-13(17)18)8-15(3-4-16)12(14)6-9/h5-6,8,16H,3-4,7H2,1-2H3,(H,17,18). The van der Waals surface area contributed by atoms with Gasteiger partial charge in [0.15, 0.2) is 0 Å². The molecular formula is C14H17NO3. The number of carbonyl (C=O) groups is 1. The fraction of sp³-hybridized carbons (Fsp3) is 0.357. The Balaban J connectivity index is 2.67. The van der Waals surface area contributed by atoms with Gasteiger partial charge in [0.1, 0.15) is 0 Å². The molecule has 0 aliphatic rings. The zero-order valence-electron chi connectivity index (χ0n) is 10.6. The highest BCUT2D eigenvalue weighted by atomic mass is 16.4. The summed E-state index contributed by atoms with van der Waals surface area (Å²) in [5.74, 6) is -0.835. The lowest BCUT2D eigenvalue weighted by atomic mass is 10.0. The average molecular weight is 247 g/mol. The lowest BCUT2D eigenvalue weighted by molar-refractivity contribution is -0.136. The molecule has 0 spiro atoms. The Kier molecular flexibility index (Phi) is 3.39. The summed E-state index contributed by atoms with van der Waals surface area (Å²) in [6.45, 7) is 4.53. The fourth-order valence-corrected chi connectivity index (χ4v) is 2.50. The molecule has 0 radical (unpaired) electrons. The van der Waals surface area contributed by atoms with Crippen molar-refractivity contribution >= 4 is 16.9 Å². The highest BCUT2D eigenvalue weighted by Crippen LogP contribution is 2.27. The van der Waals surface area contributed by atoms with Crippen LogP contribution in [0.5, 0.6) is 0 Å². The monoisotopic (exact) mass is 247 g/mol. The summed E-state index contributed by atoms with van der Waals surface area (Å²) in [5, 5.41) is 19.0. The number of nitrogens with zero attached hydrogens (tertiary/aromatic N) is 1. The molecule has 0 saturated heterocycles. The van der Waals surface area contributed by atoms with Crippen molar-refractivity contribution in [3.8, 4) is 0 Å². The SMILES string of the molecule is Cc1cc(C)c2c(CC(=O)O)cn(CCO)c2c1. The van der Waals surface area contributed by atoms with Crippen molar-refractivity contribution in [3.05, 3.63) is 35.0 Å². The van der Waals surface area contributed by atoms with E-state index in [9.17, 15) is 4.79 Å². The fourth-order valence-electron chi connectivity index (χ4n) is 2.50. The Morgan fingerprint density at radius 3 is 2.67 bits per heavy atom. The Labute approximate surface area is 105 Å². The van der Waals surface area contributed by atoms with Crippen LogP contribution in [0.15, 0.2) is 18.3 Å². The van der Waals surface area contributed by atoms with E-state index >= 15 is 0 Å². The van der Waals surface area contributed by atoms with Gasteiger partial charge in [0.05, 0.1) is 13.0 Å². The molecule has 0 fully saturated rings. The molecule has 96 valence electrons. The zero-order chi connectivity index (χ0) is 13.3. The highest BCUT2D eigenvalue weighted by molar-refractivity contribution is 5.90. The van der Waals surface area contributed by atoms with Crippen molar-refractivity contribution in [1.29, 1.82) is 0 Å². The minimum atomic E-state index is -0.835. The van der Waals surface area contributed by atoms with E-state index < -0.39 is 5.97 Å². The van der Waals surface area contributed by atoms with Gasteiger partial charge in [-0.05, 0) is 36.6 Å². The van der Waals surface area contributed by atoms with E-state index in [1.54, 1.807) is 0 Å². The van der Waals surface area contributed by atoms with Gasteiger partial charge in [0.2, 0.25) is 0 Å². The second-order valence-corrected chi connectivity index (χ2v) is 4.62. The normalized spacial score (nSPS) is 11.1. The second-order valence-electron chi connectivity index (χ2n) is 4.62. The average Bonchev–Trinajstić information content (AvgIpc) is 2.56. The summed E-state index contributed by atoms with van der Waals surface area (Å²) in [6.07, 6.45) is 1.85. The summed E-state index contributed by atoms with van der Waals surface area (Å²) in [5.41, 5.74) is 4.03. The van der Waals surface area contributed by atoms with Crippen LogP contribution in [-0.4, -0.2) is 27.4 Å². The maximum absolute atomic E-state index is 10.9. The molecule has 0 atom stereocenters. The first-order valence-electron chi connectivity index (χ1n) is 5.94. The molecule has 0 aliphatic carbocycles. The van der Waals surface area contributed by atoms with E-state index in [0.29, 0.717) is 6.54 Å². The number of carboxylic acid groups (broad SMARTS) is 1. The van der Waals surface area contributed by atoms with Crippen molar-refractivity contribution in [2.45, 2.75) is 26.8 Å². The molecule has 4 nitrogen and oxygen atoms in total. The van der Waals surface area contributed by atoms with Crippen molar-refractivity contribution in [3.63, 3.8) is 0 Å². The van der Waals surface area contributed by atoms with Gasteiger partial charge in [-0.25, -0.2) is 0 Å². The number of aliphatic hydroxyl groups is 1. The van der Waals surface area contributed by atoms with E-state index in [0.717, 1.165) is 27.6 Å². The lowest BCUT2D eigenvalue weighted by Crippen LogP contribution is -2.01. The smallest absolute Gasteiger partial charge is 0.307 e. The molecule has 4 heteroatoms. The molecule has 0 bridgehead atoms. The Morgan fingerprint density at radius 1 is 1.33 bits per heavy atom. The number of hydrogen-bond acceptors (Lipinski definition) is 2. The van der Waals surface area contributed by atoms with Crippen LogP contribution in [0.2, 0.25) is 0 Å². The third-order valence-electron chi connectivity index (χ3n) is 3.08. The van der Waals surface area contributed by atoms with Gasteiger partial charge in [-0.2, -0.15) is 0 Å². The van der Waals surface area contributed by atoms with Crippen molar-refractivity contribution < 1.29 is 15.0 Å². The van der Waals surface area contributed by atoms with Gasteiger partial charge < -0.3 is 14.8 Å². The number of aliphatic hydroxyl groups excluding tert-OH is 1. The van der Waals surface area contributed by atoms with E-state index in [-0.39, 0.29) is 13.0 Å². The molecule has 0 aliphatic heterocycles. The van der Waals surface area contributed by atoms with Crippen LogP contribution in [0, 0.1) is 13.8 Å². The van der Waals surface area contributed by atoms with Crippen LogP contribution >= 0.6 is 0 Å². The Bertz CT molecular complexity index is 599. The van der Waals surface area contributed by atoms with Gasteiger partial charge in [-0.3, -0.25) is 4.79 Å². The van der Waals surface area contributed by atoms with Gasteiger partial charge in [0.25, 0.3) is 0 Å². The summed E-state index contributed by atoms with van der Waals surface area (Å²) in [7, 11) is 0. The van der Waals surface area contributed by atoms with E-state index in [2.05, 4.69) is 6.07 Å². The second kappa shape index (κ2) is 4.82. The maximum Gasteiger partial charge on any atom is 0.307 e. The molecular weight excluding hydrogens is 230 g/mol. The van der Waals surface area contributed by atoms with Gasteiger partial charge >= 0.3 is 5.97 Å². The third kappa shape index (κ3) is 2.24. The molecule has 2 N–H and O–H groups in total. The van der Waals surface area contributed by atoms with E-state index in [1.165, 1.54) is 0 Å². The first-order chi connectivity index (χ1) is 8.52. The van der Waals surface area contributed by atoms with Crippen molar-refractivity contribution in [2.75, 3.05) is 6.61 Å². The van der Waals surface area contributed by atoms with Crippen LogP contribution < -0.4 is 0 Å². The quantitative estimate of drug-likeness (QED) is 0.867. The molecule has 0 unspecified atom stereocenters. The van der Waals surface area contributed by atoms with Crippen LogP contribution in [0.4, 0.5) is 0 Å². The Hall–Kier alpha value is -1.81. The van der Waals surface area contributed by atoms with Crippen LogP contribution in [0.3, 0.4) is 0 Å². The number of fused-ring (bicyclic) bond motifs is 1. The number of benzene rings is 1. The van der Waals surface area contributed by atoms with Crippen molar-refractivity contribution in [2.24, 2.45) is 0 Å². The number of rotatable bonds is 4. The Morgan fingerprint density at radius 2 is 2.06 bits per heavy atom. The first-order valence-corrected chi connectivity index (χ1v) is 5.94. The number of aromatic nitrogens is 1. The van der Waals surface area contributed by atoms with Gasteiger partial charge in [0, 0.05) is 23.6 Å². The molecule has 2 aromatic rings. The summed E-state index contributed by atoms with van der Waals surface area (Å²) in [4.78, 5) is 10.9. The highest BCUT2D eigenvalue weighted by Gasteiger charge is 2.13. The predicted octanol–water partition coefficient (Wildman–Crippen LogP) is 1.88. The van der Waals surface area contributed by atoms with E-state index in [1.807, 2.05) is 30.7 Å². The summed E-state index contributed by atoms with van der Waals surface area (Å²) < 4.78 is 1.92. The molecule has 1 heterocycles. The molecule has 1 aromatic heterocycles. The zero-order valence-corrected chi connectivity index (χ0v) is 10.6. The summed E-state index contributed by atoms with van der Waals surface area (Å²) >= 11 is 0. The molecule has 18 heavy (non-hydrogen) atoms. The summed E-state index contributed by atoms with van der Waals surface area (Å²) in [6, 6.07) is 4.08. The van der Waals surface area contributed by atoms with Crippen LogP contribution in [0.25, 0.3) is 10.9 Å². The lowest BCUT2D eigenvalue weighted by Gasteiger charge is -2.05. The van der Waals surface area contributed by atoms with Crippen LogP contribution in [-0.2, 0) is 17.8 Å². The van der Waals surface area contributed by atoms with Gasteiger partial charge in [-0.1, -0.05) is 6.07 Å². The molecule has 0 amide bonds. The van der Waals surface area contributed by atoms with E-state index in [4.69, 9.17) is 10.2 Å². The first kappa shape index (κ1) is 12.6. The third-order valence-corrected chi connectivity index (χ3v) is 3.08. The number of aryl methyl sites for hydroxylation is 2. The molecule has 2 rings (SSSR count). The minimum Gasteiger partial charge on any atom is -0.481 e. The van der Waals surface area contributed by atoms with Gasteiger partial charge in [-0.15, -0.1) is 0 Å². The van der Waals surface area contributed by atoms with Crippen LogP contribution in [0.1, 0.15) is 16.7 Å². The number of hydrogen-bond donors (Lipinski definition) is 2. The van der Waals surface area contributed by atoms with Crippen molar-refractivity contribution in [1.82, 2.24) is 4.57 Å². The molecule has 0 saturated carbocycles. The topological polar surface area (TPSA) is 62.5 Å². The number of aliphatic carboxylic acids is 1.